The molecule has 1 aliphatic heterocycles. The molecular weight excluding hydrogens is 365 g/mol. The number of anilines is 1. The summed E-state index contributed by atoms with van der Waals surface area (Å²) in [7, 11) is 2.43. The third-order valence-electron chi connectivity index (χ3n) is 4.68. The molecular formula is C21H22FNO5. The van der Waals surface area contributed by atoms with Crippen LogP contribution in [-0.2, 0) is 19.1 Å². The van der Waals surface area contributed by atoms with Gasteiger partial charge in [-0.2, -0.15) is 0 Å². The van der Waals surface area contributed by atoms with Crippen LogP contribution in [0.15, 0.2) is 53.9 Å². The van der Waals surface area contributed by atoms with Gasteiger partial charge in [-0.1, -0.05) is 6.08 Å². The highest BCUT2D eigenvalue weighted by Gasteiger charge is 2.28. The summed E-state index contributed by atoms with van der Waals surface area (Å²) < 4.78 is 30.0. The molecule has 0 aromatic heterocycles. The molecule has 1 aliphatic carbocycles. The SMILES string of the molecule is COC(=O)C1=C(C(=O)OC)N(c2ccc(OC3CCCC3)c(F)c2)C=CC=C1. The quantitative estimate of drug-likeness (QED) is 0.719. The van der Waals surface area contributed by atoms with Crippen LogP contribution < -0.4 is 9.64 Å². The third-order valence-corrected chi connectivity index (χ3v) is 4.68. The summed E-state index contributed by atoms with van der Waals surface area (Å²) in [5.41, 5.74) is 0.285. The van der Waals surface area contributed by atoms with Gasteiger partial charge in [0.2, 0.25) is 0 Å². The fraction of sp³-hybridized carbons (Fsp3) is 0.333. The van der Waals surface area contributed by atoms with Gasteiger partial charge in [-0.15, -0.1) is 0 Å². The average Bonchev–Trinajstić information content (AvgIpc) is 3.11. The number of ether oxygens (including phenoxy) is 3. The first kappa shape index (κ1) is 19.7. The maximum Gasteiger partial charge on any atom is 0.355 e. The smallest absolute Gasteiger partial charge is 0.355 e. The number of halogens is 1. The van der Waals surface area contributed by atoms with E-state index in [0.717, 1.165) is 25.7 Å². The van der Waals surface area contributed by atoms with Crippen LogP contribution in [0.5, 0.6) is 5.75 Å². The van der Waals surface area contributed by atoms with E-state index in [2.05, 4.69) is 0 Å². The van der Waals surface area contributed by atoms with Gasteiger partial charge in [0.05, 0.1) is 25.9 Å². The molecule has 1 saturated carbocycles. The van der Waals surface area contributed by atoms with Crippen LogP contribution in [0.25, 0.3) is 0 Å². The van der Waals surface area contributed by atoms with E-state index < -0.39 is 17.8 Å². The molecule has 0 unspecified atom stereocenters. The number of nitrogens with zero attached hydrogens (tertiary/aromatic N) is 1. The van der Waals surface area contributed by atoms with E-state index in [0.29, 0.717) is 5.69 Å². The number of benzene rings is 1. The maximum atomic E-state index is 14.7. The van der Waals surface area contributed by atoms with Gasteiger partial charge in [-0.3, -0.25) is 0 Å². The van der Waals surface area contributed by atoms with Crippen LogP contribution in [0.1, 0.15) is 25.7 Å². The molecule has 3 rings (SSSR count). The molecule has 1 heterocycles. The van der Waals surface area contributed by atoms with Crippen molar-refractivity contribution < 1.29 is 28.2 Å². The van der Waals surface area contributed by atoms with Crippen molar-refractivity contribution in [2.24, 2.45) is 0 Å². The highest BCUT2D eigenvalue weighted by molar-refractivity contribution is 6.05. The Morgan fingerprint density at radius 1 is 1.07 bits per heavy atom. The van der Waals surface area contributed by atoms with Crippen molar-refractivity contribution in [3.8, 4) is 5.75 Å². The van der Waals surface area contributed by atoms with Crippen molar-refractivity contribution in [2.45, 2.75) is 31.8 Å². The average molecular weight is 387 g/mol. The first-order valence-corrected chi connectivity index (χ1v) is 9.06. The lowest BCUT2D eigenvalue weighted by Gasteiger charge is -2.23. The molecule has 1 fully saturated rings. The van der Waals surface area contributed by atoms with Crippen molar-refractivity contribution in [3.05, 3.63) is 59.7 Å². The lowest BCUT2D eigenvalue weighted by Crippen LogP contribution is -2.27. The van der Waals surface area contributed by atoms with Crippen LogP contribution in [0.2, 0.25) is 0 Å². The van der Waals surface area contributed by atoms with Crippen molar-refractivity contribution in [2.75, 3.05) is 19.1 Å². The first-order chi connectivity index (χ1) is 13.5. The standard InChI is InChI=1S/C21H22FNO5/c1-26-20(24)16-9-5-6-12-23(19(16)21(25)27-2)14-10-11-18(17(22)13-14)28-15-7-3-4-8-15/h5-6,9-13,15H,3-4,7-8H2,1-2H3. The second-order valence-corrected chi connectivity index (χ2v) is 6.46. The van der Waals surface area contributed by atoms with Crippen molar-refractivity contribution >= 4 is 17.6 Å². The largest absolute Gasteiger partial charge is 0.487 e. The van der Waals surface area contributed by atoms with Gasteiger partial charge < -0.3 is 19.1 Å². The number of rotatable bonds is 5. The summed E-state index contributed by atoms with van der Waals surface area (Å²) in [6, 6.07) is 4.42. The first-order valence-electron chi connectivity index (χ1n) is 9.06. The van der Waals surface area contributed by atoms with Gasteiger partial charge in [0, 0.05) is 18.0 Å². The van der Waals surface area contributed by atoms with Gasteiger partial charge in [0.1, 0.15) is 5.70 Å². The molecule has 0 radical (unpaired) electrons. The number of carbonyl (C=O) groups is 2. The molecule has 0 amide bonds. The number of allylic oxidation sites excluding steroid dienone is 2. The van der Waals surface area contributed by atoms with Gasteiger partial charge in [-0.05, 0) is 50.0 Å². The zero-order chi connectivity index (χ0) is 20.1. The Morgan fingerprint density at radius 2 is 1.79 bits per heavy atom. The molecule has 6 nitrogen and oxygen atoms in total. The summed E-state index contributed by atoms with van der Waals surface area (Å²) in [5.74, 6) is -1.82. The highest BCUT2D eigenvalue weighted by Crippen LogP contribution is 2.32. The van der Waals surface area contributed by atoms with E-state index in [1.54, 1.807) is 24.4 Å². The topological polar surface area (TPSA) is 65.1 Å². The minimum atomic E-state index is -0.747. The molecule has 1 aromatic rings. The van der Waals surface area contributed by atoms with E-state index >= 15 is 0 Å². The summed E-state index contributed by atoms with van der Waals surface area (Å²) in [4.78, 5) is 25.9. The van der Waals surface area contributed by atoms with E-state index in [1.807, 2.05) is 0 Å². The predicted molar refractivity (Wildman–Crippen MR) is 101 cm³/mol. The lowest BCUT2D eigenvalue weighted by atomic mass is 10.1. The van der Waals surface area contributed by atoms with Crippen LogP contribution in [0.4, 0.5) is 10.1 Å². The Morgan fingerprint density at radius 3 is 2.43 bits per heavy atom. The van der Waals surface area contributed by atoms with Crippen LogP contribution >= 0.6 is 0 Å². The molecule has 28 heavy (non-hydrogen) atoms. The summed E-state index contributed by atoms with van der Waals surface area (Å²) in [6.45, 7) is 0. The summed E-state index contributed by atoms with van der Waals surface area (Å²) in [6.07, 6.45) is 10.2. The Hall–Kier alpha value is -3.09. The van der Waals surface area contributed by atoms with Gasteiger partial charge in [-0.25, -0.2) is 14.0 Å². The molecule has 0 atom stereocenters. The second-order valence-electron chi connectivity index (χ2n) is 6.46. The minimum absolute atomic E-state index is 0.00559. The molecule has 148 valence electrons. The Balaban J connectivity index is 1.98. The van der Waals surface area contributed by atoms with Crippen LogP contribution in [0.3, 0.4) is 0 Å². The number of hydrogen-bond acceptors (Lipinski definition) is 6. The molecule has 2 aliphatic rings. The number of methoxy groups -OCH3 is 2. The van der Waals surface area contributed by atoms with E-state index in [1.165, 1.54) is 37.3 Å². The van der Waals surface area contributed by atoms with Crippen molar-refractivity contribution in [3.63, 3.8) is 0 Å². The summed E-state index contributed by atoms with van der Waals surface area (Å²) in [5, 5.41) is 0. The minimum Gasteiger partial charge on any atom is -0.487 e. The van der Waals surface area contributed by atoms with Crippen molar-refractivity contribution in [1.29, 1.82) is 0 Å². The molecule has 7 heteroatoms. The van der Waals surface area contributed by atoms with Gasteiger partial charge in [0.25, 0.3) is 0 Å². The molecule has 0 N–H and O–H groups in total. The molecule has 0 spiro atoms. The lowest BCUT2D eigenvalue weighted by molar-refractivity contribution is -0.139. The van der Waals surface area contributed by atoms with Gasteiger partial charge in [0.15, 0.2) is 11.6 Å². The monoisotopic (exact) mass is 387 g/mol. The van der Waals surface area contributed by atoms with E-state index in [4.69, 9.17) is 14.2 Å². The number of hydrogen-bond donors (Lipinski definition) is 0. The van der Waals surface area contributed by atoms with Gasteiger partial charge >= 0.3 is 11.9 Å². The van der Waals surface area contributed by atoms with E-state index in [9.17, 15) is 14.0 Å². The number of esters is 2. The normalized spacial score (nSPS) is 16.9. The molecule has 0 saturated heterocycles. The Bertz CT molecular complexity index is 852. The second kappa shape index (κ2) is 8.73. The Kier molecular flexibility index (Phi) is 6.13. The fourth-order valence-electron chi connectivity index (χ4n) is 3.29. The third kappa shape index (κ3) is 4.08. The summed E-state index contributed by atoms with van der Waals surface area (Å²) >= 11 is 0. The Labute approximate surface area is 162 Å². The molecule has 1 aromatic carbocycles. The zero-order valence-corrected chi connectivity index (χ0v) is 15.8. The molecule has 0 bridgehead atoms. The maximum absolute atomic E-state index is 14.7. The highest BCUT2D eigenvalue weighted by atomic mass is 19.1. The van der Waals surface area contributed by atoms with Crippen molar-refractivity contribution in [1.82, 2.24) is 0 Å². The van der Waals surface area contributed by atoms with Crippen LogP contribution in [0, 0.1) is 5.82 Å². The predicted octanol–water partition coefficient (Wildman–Crippen LogP) is 3.64. The zero-order valence-electron chi connectivity index (χ0n) is 15.8. The van der Waals surface area contributed by atoms with Crippen LogP contribution in [-0.4, -0.2) is 32.3 Å². The number of carbonyl (C=O) groups excluding carboxylic acids is 2. The fourth-order valence-corrected chi connectivity index (χ4v) is 3.29. The van der Waals surface area contributed by atoms with E-state index in [-0.39, 0.29) is 23.1 Å².